The van der Waals surface area contributed by atoms with Gasteiger partial charge < -0.3 is 19.3 Å². The van der Waals surface area contributed by atoms with Crippen LogP contribution in [0.15, 0.2) is 0 Å². The predicted octanol–water partition coefficient (Wildman–Crippen LogP) is 1.51. The average Bonchev–Trinajstić information content (AvgIpc) is 2.92. The van der Waals surface area contributed by atoms with Gasteiger partial charge in [0.2, 0.25) is 17.2 Å². The topological polar surface area (TPSA) is 63.6 Å². The van der Waals surface area contributed by atoms with Crippen LogP contribution in [0.25, 0.3) is 0 Å². The van der Waals surface area contributed by atoms with Crippen LogP contribution >= 0.6 is 11.6 Å². The largest absolute Gasteiger partial charge is 0.380 e. The Bertz CT molecular complexity index is 563. The fourth-order valence-electron chi connectivity index (χ4n) is 3.70. The second kappa shape index (κ2) is 6.37. The number of halogens is 1. The third-order valence-electron chi connectivity index (χ3n) is 4.91. The molecule has 3 fully saturated rings. The molecule has 0 saturated carbocycles. The maximum Gasteiger partial charge on any atom is 0.231 e. The van der Waals surface area contributed by atoms with E-state index in [1.807, 2.05) is 0 Å². The first-order valence-electron chi connectivity index (χ1n) is 8.31. The first kappa shape index (κ1) is 15.4. The molecular formula is C15H22ClN5O2. The van der Waals surface area contributed by atoms with E-state index in [-0.39, 0.29) is 11.4 Å². The Hall–Kier alpha value is -1.18. The van der Waals surface area contributed by atoms with Crippen molar-refractivity contribution in [2.45, 2.75) is 44.0 Å². The zero-order chi connectivity index (χ0) is 15.8. The number of morpholine rings is 1. The summed E-state index contributed by atoms with van der Waals surface area (Å²) in [5, 5.41) is 0.253. The Morgan fingerprint density at radius 2 is 1.70 bits per heavy atom. The van der Waals surface area contributed by atoms with Crippen molar-refractivity contribution in [3.05, 3.63) is 5.28 Å². The smallest absolute Gasteiger partial charge is 0.231 e. The third-order valence-corrected chi connectivity index (χ3v) is 5.07. The summed E-state index contributed by atoms with van der Waals surface area (Å²) < 4.78 is 11.4. The molecular weight excluding hydrogens is 318 g/mol. The number of methoxy groups -OCH3 is 1. The summed E-state index contributed by atoms with van der Waals surface area (Å²) in [6.45, 7) is 3.38. The molecule has 1 aromatic rings. The molecule has 2 bridgehead atoms. The first-order valence-corrected chi connectivity index (χ1v) is 8.69. The first-order chi connectivity index (χ1) is 11.2. The summed E-state index contributed by atoms with van der Waals surface area (Å²) in [6.07, 6.45) is 5.19. The van der Waals surface area contributed by atoms with E-state index in [2.05, 4.69) is 24.8 Å². The second-order valence-electron chi connectivity index (χ2n) is 6.51. The molecule has 23 heavy (non-hydrogen) atoms. The number of nitrogens with zero attached hydrogens (tertiary/aromatic N) is 5. The maximum atomic E-state index is 6.17. The number of hydrogen-bond acceptors (Lipinski definition) is 7. The third kappa shape index (κ3) is 3.22. The Labute approximate surface area is 141 Å². The van der Waals surface area contributed by atoms with Gasteiger partial charge in [-0.2, -0.15) is 15.0 Å². The summed E-state index contributed by atoms with van der Waals surface area (Å²) in [6, 6.07) is 0. The van der Waals surface area contributed by atoms with Crippen molar-refractivity contribution >= 4 is 23.5 Å². The van der Waals surface area contributed by atoms with E-state index in [9.17, 15) is 0 Å². The number of ether oxygens (including phenoxy) is 2. The van der Waals surface area contributed by atoms with Crippen LogP contribution in [-0.4, -0.2) is 66.6 Å². The van der Waals surface area contributed by atoms with E-state index in [0.717, 1.165) is 51.9 Å². The summed E-state index contributed by atoms with van der Waals surface area (Å²) in [5.41, 5.74) is 0. The fraction of sp³-hybridized carbons (Fsp3) is 0.800. The van der Waals surface area contributed by atoms with Crippen LogP contribution in [0.1, 0.15) is 25.7 Å². The highest BCUT2D eigenvalue weighted by Crippen LogP contribution is 2.29. The highest BCUT2D eigenvalue weighted by atomic mass is 35.5. The van der Waals surface area contributed by atoms with Crippen LogP contribution in [0.2, 0.25) is 5.28 Å². The minimum atomic E-state index is 0.224. The van der Waals surface area contributed by atoms with Gasteiger partial charge in [0.15, 0.2) is 0 Å². The SMILES string of the molecule is COC1CCCN(c2nc(Cl)nc(N3CC4CCC(C3)O4)n2)C1. The molecule has 3 unspecified atom stereocenters. The van der Waals surface area contributed by atoms with Gasteiger partial charge in [-0.3, -0.25) is 0 Å². The highest BCUT2D eigenvalue weighted by molar-refractivity contribution is 6.28. The molecule has 126 valence electrons. The summed E-state index contributed by atoms with van der Waals surface area (Å²) >= 11 is 6.17. The van der Waals surface area contributed by atoms with Gasteiger partial charge in [-0.25, -0.2) is 0 Å². The Kier molecular flexibility index (Phi) is 4.26. The molecule has 1 aromatic heterocycles. The molecule has 0 radical (unpaired) electrons. The number of fused-ring (bicyclic) bond motifs is 2. The lowest BCUT2D eigenvalue weighted by Gasteiger charge is -2.34. The number of piperidine rings is 1. The van der Waals surface area contributed by atoms with Crippen LogP contribution in [0, 0.1) is 0 Å². The molecule has 8 heteroatoms. The molecule has 7 nitrogen and oxygen atoms in total. The lowest BCUT2D eigenvalue weighted by atomic mass is 10.1. The summed E-state index contributed by atoms with van der Waals surface area (Å²) in [4.78, 5) is 17.7. The molecule has 0 amide bonds. The minimum absolute atomic E-state index is 0.224. The predicted molar refractivity (Wildman–Crippen MR) is 87.2 cm³/mol. The van der Waals surface area contributed by atoms with Crippen molar-refractivity contribution in [2.24, 2.45) is 0 Å². The Morgan fingerprint density at radius 3 is 2.39 bits per heavy atom. The van der Waals surface area contributed by atoms with E-state index < -0.39 is 0 Å². The van der Waals surface area contributed by atoms with Gasteiger partial charge in [-0.1, -0.05) is 0 Å². The van der Waals surface area contributed by atoms with Crippen LogP contribution in [0.4, 0.5) is 11.9 Å². The van der Waals surface area contributed by atoms with E-state index in [0.29, 0.717) is 24.1 Å². The van der Waals surface area contributed by atoms with Crippen molar-refractivity contribution in [2.75, 3.05) is 43.1 Å². The van der Waals surface area contributed by atoms with Gasteiger partial charge in [0.05, 0.1) is 18.3 Å². The van der Waals surface area contributed by atoms with Crippen LogP contribution in [0.5, 0.6) is 0 Å². The second-order valence-corrected chi connectivity index (χ2v) is 6.85. The molecule has 0 aliphatic carbocycles. The molecule has 3 atom stereocenters. The van der Waals surface area contributed by atoms with E-state index in [1.54, 1.807) is 7.11 Å². The quantitative estimate of drug-likeness (QED) is 0.827. The summed E-state index contributed by atoms with van der Waals surface area (Å²) in [5.74, 6) is 1.32. The fourth-order valence-corrected chi connectivity index (χ4v) is 3.85. The monoisotopic (exact) mass is 339 g/mol. The number of aromatic nitrogens is 3. The molecule has 3 aliphatic rings. The average molecular weight is 340 g/mol. The minimum Gasteiger partial charge on any atom is -0.380 e. The Balaban J connectivity index is 1.56. The number of anilines is 2. The zero-order valence-electron chi connectivity index (χ0n) is 13.3. The highest BCUT2D eigenvalue weighted by Gasteiger charge is 2.35. The lowest BCUT2D eigenvalue weighted by molar-refractivity contribution is 0.0299. The lowest BCUT2D eigenvalue weighted by Crippen LogP contribution is -2.44. The van der Waals surface area contributed by atoms with Gasteiger partial charge in [0.1, 0.15) is 0 Å². The molecule has 4 heterocycles. The molecule has 0 aromatic carbocycles. The van der Waals surface area contributed by atoms with Gasteiger partial charge >= 0.3 is 0 Å². The molecule has 3 aliphatic heterocycles. The zero-order valence-corrected chi connectivity index (χ0v) is 14.1. The van der Waals surface area contributed by atoms with Gasteiger partial charge in [-0.15, -0.1) is 0 Å². The number of rotatable bonds is 3. The van der Waals surface area contributed by atoms with E-state index in [1.165, 1.54) is 0 Å². The number of hydrogen-bond donors (Lipinski definition) is 0. The maximum absolute atomic E-state index is 6.17. The van der Waals surface area contributed by atoms with Crippen molar-refractivity contribution in [3.63, 3.8) is 0 Å². The van der Waals surface area contributed by atoms with Crippen molar-refractivity contribution in [1.82, 2.24) is 15.0 Å². The molecule has 4 rings (SSSR count). The van der Waals surface area contributed by atoms with Crippen molar-refractivity contribution in [3.8, 4) is 0 Å². The van der Waals surface area contributed by atoms with Crippen molar-refractivity contribution < 1.29 is 9.47 Å². The normalized spacial score (nSPS) is 30.8. The van der Waals surface area contributed by atoms with E-state index in [4.69, 9.17) is 21.1 Å². The van der Waals surface area contributed by atoms with Crippen molar-refractivity contribution in [1.29, 1.82) is 0 Å². The summed E-state index contributed by atoms with van der Waals surface area (Å²) in [7, 11) is 1.75. The van der Waals surface area contributed by atoms with Crippen LogP contribution in [-0.2, 0) is 9.47 Å². The van der Waals surface area contributed by atoms with Gasteiger partial charge in [0, 0.05) is 33.3 Å². The van der Waals surface area contributed by atoms with Gasteiger partial charge in [0.25, 0.3) is 0 Å². The molecule has 0 spiro atoms. The Morgan fingerprint density at radius 1 is 1.00 bits per heavy atom. The molecule has 0 N–H and O–H groups in total. The van der Waals surface area contributed by atoms with Gasteiger partial charge in [-0.05, 0) is 37.3 Å². The standard InChI is InChI=1S/C15H22ClN5O2/c1-22-10-3-2-6-20(7-10)14-17-13(16)18-15(19-14)21-8-11-4-5-12(9-21)23-11/h10-12H,2-9H2,1H3. The molecule has 3 saturated heterocycles. The van der Waals surface area contributed by atoms with Crippen LogP contribution in [0.3, 0.4) is 0 Å². The van der Waals surface area contributed by atoms with Crippen LogP contribution < -0.4 is 9.80 Å². The van der Waals surface area contributed by atoms with E-state index >= 15 is 0 Å².